The van der Waals surface area contributed by atoms with E-state index in [2.05, 4.69) is 47.1 Å². The lowest BCUT2D eigenvalue weighted by atomic mass is 9.97. The quantitative estimate of drug-likeness (QED) is 0.714. The Morgan fingerprint density at radius 1 is 1.33 bits per heavy atom. The summed E-state index contributed by atoms with van der Waals surface area (Å²) in [5.41, 5.74) is 1.47. The molecule has 1 fully saturated rings. The second kappa shape index (κ2) is 3.21. The third-order valence-corrected chi connectivity index (χ3v) is 3.45. The summed E-state index contributed by atoms with van der Waals surface area (Å²) in [4.78, 5) is 0. The molecule has 12 heavy (non-hydrogen) atoms. The van der Waals surface area contributed by atoms with Crippen molar-refractivity contribution in [2.75, 3.05) is 0 Å². The summed E-state index contributed by atoms with van der Waals surface area (Å²) in [6, 6.07) is 8.56. The molecule has 0 bridgehead atoms. The molecule has 1 atom stereocenters. The van der Waals surface area contributed by atoms with Gasteiger partial charge in [-0.2, -0.15) is 0 Å². The first kappa shape index (κ1) is 8.31. The van der Waals surface area contributed by atoms with E-state index >= 15 is 0 Å². The van der Waals surface area contributed by atoms with Crippen molar-refractivity contribution in [1.82, 2.24) is 0 Å². The van der Waals surface area contributed by atoms with Crippen molar-refractivity contribution in [3.8, 4) is 0 Å². The van der Waals surface area contributed by atoms with E-state index in [1.807, 2.05) is 0 Å². The Labute approximate surface area is 82.1 Å². The Hall–Kier alpha value is -0.300. The van der Waals surface area contributed by atoms with Crippen LogP contribution in [0.4, 0.5) is 0 Å². The molecule has 0 unspecified atom stereocenters. The molecule has 1 aromatic carbocycles. The maximum Gasteiger partial charge on any atom is 0.0210 e. The summed E-state index contributed by atoms with van der Waals surface area (Å²) in [7, 11) is 0. The van der Waals surface area contributed by atoms with Gasteiger partial charge in [0.2, 0.25) is 0 Å². The van der Waals surface area contributed by atoms with Crippen LogP contribution in [-0.4, -0.2) is 0 Å². The van der Waals surface area contributed by atoms with Crippen LogP contribution in [0, 0.1) is 5.92 Å². The summed E-state index contributed by atoms with van der Waals surface area (Å²) < 4.78 is 1.27. The lowest BCUT2D eigenvalue weighted by molar-refractivity contribution is 0.661. The van der Waals surface area contributed by atoms with Crippen LogP contribution in [0.2, 0.25) is 0 Å². The first-order valence-corrected chi connectivity index (χ1v) is 5.33. The van der Waals surface area contributed by atoms with E-state index in [0.29, 0.717) is 0 Å². The third-order valence-electron chi connectivity index (χ3n) is 2.72. The van der Waals surface area contributed by atoms with Crippen molar-refractivity contribution in [3.05, 3.63) is 34.3 Å². The van der Waals surface area contributed by atoms with Crippen LogP contribution in [-0.2, 0) is 0 Å². The topological polar surface area (TPSA) is 0 Å². The van der Waals surface area contributed by atoms with Gasteiger partial charge in [-0.3, -0.25) is 0 Å². The Morgan fingerprint density at radius 3 is 2.58 bits per heavy atom. The van der Waals surface area contributed by atoms with E-state index in [4.69, 9.17) is 0 Å². The zero-order chi connectivity index (χ0) is 8.55. The molecule has 1 aromatic rings. The minimum Gasteiger partial charge on any atom is -0.0619 e. The van der Waals surface area contributed by atoms with Gasteiger partial charge in [-0.1, -0.05) is 41.1 Å². The summed E-state index contributed by atoms with van der Waals surface area (Å²) in [6.45, 7) is 2.33. The van der Waals surface area contributed by atoms with Crippen LogP contribution >= 0.6 is 15.9 Å². The zero-order valence-electron chi connectivity index (χ0n) is 7.26. The van der Waals surface area contributed by atoms with E-state index < -0.39 is 0 Å². The SMILES string of the molecule is C[C@@H](c1ccccc1Br)C1CC1. The molecule has 0 saturated heterocycles. The molecule has 0 amide bonds. The maximum absolute atomic E-state index is 3.59. The minimum absolute atomic E-state index is 0.737. The Balaban J connectivity index is 2.25. The van der Waals surface area contributed by atoms with Crippen LogP contribution < -0.4 is 0 Å². The van der Waals surface area contributed by atoms with Gasteiger partial charge in [0.15, 0.2) is 0 Å². The van der Waals surface area contributed by atoms with Gasteiger partial charge < -0.3 is 0 Å². The summed E-state index contributed by atoms with van der Waals surface area (Å²) in [5, 5.41) is 0. The van der Waals surface area contributed by atoms with Crippen molar-refractivity contribution in [2.45, 2.75) is 25.7 Å². The van der Waals surface area contributed by atoms with E-state index in [-0.39, 0.29) is 0 Å². The molecule has 1 aliphatic carbocycles. The van der Waals surface area contributed by atoms with E-state index in [1.165, 1.54) is 22.9 Å². The predicted molar refractivity (Wildman–Crippen MR) is 55.3 cm³/mol. The molecule has 0 spiro atoms. The third kappa shape index (κ3) is 1.56. The lowest BCUT2D eigenvalue weighted by Gasteiger charge is -2.11. The van der Waals surface area contributed by atoms with E-state index in [9.17, 15) is 0 Å². The number of halogens is 1. The molecule has 0 aliphatic heterocycles. The van der Waals surface area contributed by atoms with Crippen LogP contribution in [0.1, 0.15) is 31.2 Å². The van der Waals surface area contributed by atoms with Gasteiger partial charge in [-0.25, -0.2) is 0 Å². The van der Waals surface area contributed by atoms with E-state index in [1.54, 1.807) is 0 Å². The second-order valence-electron chi connectivity index (χ2n) is 3.65. The Bertz CT molecular complexity index is 276. The molecule has 2 rings (SSSR count). The fourth-order valence-corrected chi connectivity index (χ4v) is 2.34. The van der Waals surface area contributed by atoms with Crippen molar-refractivity contribution in [3.63, 3.8) is 0 Å². The molecule has 0 heterocycles. The summed E-state index contributed by atoms with van der Waals surface area (Å²) in [6.07, 6.45) is 2.84. The molecule has 1 saturated carbocycles. The Kier molecular flexibility index (Phi) is 2.22. The van der Waals surface area contributed by atoms with Gasteiger partial charge in [0.1, 0.15) is 0 Å². The number of hydrogen-bond donors (Lipinski definition) is 0. The smallest absolute Gasteiger partial charge is 0.0210 e. The van der Waals surface area contributed by atoms with Gasteiger partial charge in [0.05, 0.1) is 0 Å². The van der Waals surface area contributed by atoms with E-state index in [0.717, 1.165) is 11.8 Å². The largest absolute Gasteiger partial charge is 0.0619 e. The highest BCUT2D eigenvalue weighted by atomic mass is 79.9. The number of benzene rings is 1. The van der Waals surface area contributed by atoms with Crippen LogP contribution in [0.25, 0.3) is 0 Å². The normalized spacial score (nSPS) is 19.2. The lowest BCUT2D eigenvalue weighted by Crippen LogP contribution is -1.95. The summed E-state index contributed by atoms with van der Waals surface area (Å²) in [5.74, 6) is 1.68. The zero-order valence-corrected chi connectivity index (χ0v) is 8.84. The highest BCUT2D eigenvalue weighted by Gasteiger charge is 2.29. The van der Waals surface area contributed by atoms with Gasteiger partial charge in [0.25, 0.3) is 0 Å². The first-order valence-electron chi connectivity index (χ1n) is 4.53. The van der Waals surface area contributed by atoms with Crippen molar-refractivity contribution in [2.24, 2.45) is 5.92 Å². The molecular weight excluding hydrogens is 212 g/mol. The second-order valence-corrected chi connectivity index (χ2v) is 4.50. The monoisotopic (exact) mass is 224 g/mol. The van der Waals surface area contributed by atoms with Gasteiger partial charge >= 0.3 is 0 Å². The van der Waals surface area contributed by atoms with Crippen LogP contribution in [0.3, 0.4) is 0 Å². The van der Waals surface area contributed by atoms with Crippen LogP contribution in [0.15, 0.2) is 28.7 Å². The standard InChI is InChI=1S/C11H13Br/c1-8(9-6-7-9)10-4-2-3-5-11(10)12/h2-5,8-9H,6-7H2,1H3/t8-/m1/s1. The molecule has 0 aromatic heterocycles. The number of hydrogen-bond acceptors (Lipinski definition) is 0. The van der Waals surface area contributed by atoms with Crippen molar-refractivity contribution < 1.29 is 0 Å². The summed E-state index contributed by atoms with van der Waals surface area (Å²) >= 11 is 3.59. The van der Waals surface area contributed by atoms with Crippen molar-refractivity contribution >= 4 is 15.9 Å². The van der Waals surface area contributed by atoms with Crippen molar-refractivity contribution in [1.29, 1.82) is 0 Å². The average molecular weight is 225 g/mol. The average Bonchev–Trinajstić information content (AvgIpc) is 2.86. The Morgan fingerprint density at radius 2 is 2.00 bits per heavy atom. The fraction of sp³-hybridized carbons (Fsp3) is 0.455. The van der Waals surface area contributed by atoms with Gasteiger partial charge in [-0.15, -0.1) is 0 Å². The number of rotatable bonds is 2. The predicted octanol–water partition coefficient (Wildman–Crippen LogP) is 3.96. The molecule has 64 valence electrons. The molecule has 0 nitrogen and oxygen atoms in total. The molecule has 1 aliphatic rings. The molecule has 0 N–H and O–H groups in total. The maximum atomic E-state index is 3.59. The highest BCUT2D eigenvalue weighted by molar-refractivity contribution is 9.10. The molecule has 0 radical (unpaired) electrons. The molecule has 1 heteroatoms. The molecular formula is C11H13Br. The highest BCUT2D eigenvalue weighted by Crippen LogP contribution is 2.43. The van der Waals surface area contributed by atoms with Crippen LogP contribution in [0.5, 0.6) is 0 Å². The first-order chi connectivity index (χ1) is 5.79. The minimum atomic E-state index is 0.737. The fourth-order valence-electron chi connectivity index (χ4n) is 1.69. The van der Waals surface area contributed by atoms with Gasteiger partial charge in [-0.05, 0) is 36.3 Å². The van der Waals surface area contributed by atoms with Gasteiger partial charge in [0, 0.05) is 4.47 Å².